The van der Waals surface area contributed by atoms with E-state index < -0.39 is 12.6 Å². The monoisotopic (exact) mass is 151 g/mol. The molecule has 5 nitrogen and oxygen atoms in total. The fourth-order valence-electron chi connectivity index (χ4n) is 0.632. The quantitative estimate of drug-likeness (QED) is 0.335. The fourth-order valence-corrected chi connectivity index (χ4v) is 0.632. The van der Waals surface area contributed by atoms with E-state index in [2.05, 4.69) is 0 Å². The molecule has 62 valence electrons. The fraction of sp³-hybridized carbons (Fsp3) is 1.00. The minimum absolute atomic E-state index is 0.0115. The molecule has 0 heterocycles. The summed E-state index contributed by atoms with van der Waals surface area (Å²) in [6.07, 6.45) is -2.85. The average molecular weight is 151 g/mol. The van der Waals surface area contributed by atoms with Crippen LogP contribution in [0.4, 0.5) is 0 Å². The zero-order chi connectivity index (χ0) is 8.15. The van der Waals surface area contributed by atoms with Gasteiger partial charge in [0.25, 0.3) is 0 Å². The Morgan fingerprint density at radius 3 is 1.50 bits per heavy atom. The Morgan fingerprint density at radius 1 is 1.00 bits per heavy atom. The highest BCUT2D eigenvalue weighted by atomic mass is 16.5. The van der Waals surface area contributed by atoms with Crippen LogP contribution in [-0.4, -0.2) is 58.0 Å². The molecular formula is C5H13NO4. The first kappa shape index (κ1) is 9.80. The summed E-state index contributed by atoms with van der Waals surface area (Å²) in [6, 6.07) is 0. The molecule has 0 radical (unpaired) electrons. The minimum atomic E-state index is -1.43. The lowest BCUT2D eigenvalue weighted by Crippen LogP contribution is -2.34. The second kappa shape index (κ2) is 4.59. The number of hydrogen-bond donors (Lipinski definition) is 4. The van der Waals surface area contributed by atoms with Gasteiger partial charge in [0.1, 0.15) is 0 Å². The Kier molecular flexibility index (Phi) is 4.50. The Morgan fingerprint density at radius 2 is 1.30 bits per heavy atom. The first-order valence-corrected chi connectivity index (χ1v) is 2.93. The summed E-state index contributed by atoms with van der Waals surface area (Å²) >= 11 is 0. The number of nitrogens with zero attached hydrogens (tertiary/aromatic N) is 1. The zero-order valence-electron chi connectivity index (χ0n) is 5.80. The highest BCUT2D eigenvalue weighted by Gasteiger charge is 2.06. The van der Waals surface area contributed by atoms with Gasteiger partial charge in [-0.2, -0.15) is 0 Å². The standard InChI is InChI=1S/C5H13NO4/c1-6(2-4(7)8)3-5(9)10/h4-5,7-10H,2-3H2,1H3. The highest BCUT2D eigenvalue weighted by Crippen LogP contribution is 1.87. The van der Waals surface area contributed by atoms with Gasteiger partial charge in [0.15, 0.2) is 12.6 Å². The summed E-state index contributed by atoms with van der Waals surface area (Å²) in [4.78, 5) is 1.40. The zero-order valence-corrected chi connectivity index (χ0v) is 5.80. The predicted octanol–water partition coefficient (Wildman–Crippen LogP) is -2.46. The summed E-state index contributed by atoms with van der Waals surface area (Å²) < 4.78 is 0. The summed E-state index contributed by atoms with van der Waals surface area (Å²) in [6.45, 7) is 0.0231. The van der Waals surface area contributed by atoms with Crippen LogP contribution in [0, 0.1) is 0 Å². The summed E-state index contributed by atoms with van der Waals surface area (Å²) in [7, 11) is 1.55. The van der Waals surface area contributed by atoms with Crippen LogP contribution in [0.5, 0.6) is 0 Å². The molecule has 5 heteroatoms. The first-order valence-electron chi connectivity index (χ1n) is 2.93. The molecule has 0 bridgehead atoms. The second-order valence-electron chi connectivity index (χ2n) is 2.18. The topological polar surface area (TPSA) is 84.2 Å². The maximum absolute atomic E-state index is 8.39. The van der Waals surface area contributed by atoms with E-state index in [-0.39, 0.29) is 13.1 Å². The van der Waals surface area contributed by atoms with E-state index in [9.17, 15) is 0 Å². The van der Waals surface area contributed by atoms with E-state index in [1.165, 1.54) is 4.90 Å². The molecule has 0 aliphatic rings. The van der Waals surface area contributed by atoms with Crippen molar-refractivity contribution in [2.75, 3.05) is 20.1 Å². The molecule has 0 saturated carbocycles. The van der Waals surface area contributed by atoms with Crippen LogP contribution in [0.1, 0.15) is 0 Å². The molecule has 0 spiro atoms. The van der Waals surface area contributed by atoms with Crippen LogP contribution in [-0.2, 0) is 0 Å². The molecule has 0 unspecified atom stereocenters. The SMILES string of the molecule is CN(CC(O)O)CC(O)O. The average Bonchev–Trinajstić information content (AvgIpc) is 1.58. The molecule has 10 heavy (non-hydrogen) atoms. The summed E-state index contributed by atoms with van der Waals surface area (Å²) in [5.41, 5.74) is 0. The largest absolute Gasteiger partial charge is 0.367 e. The van der Waals surface area contributed by atoms with Gasteiger partial charge in [-0.1, -0.05) is 0 Å². The Balaban J connectivity index is 3.34. The number of hydrogen-bond acceptors (Lipinski definition) is 5. The van der Waals surface area contributed by atoms with Crippen LogP contribution in [0.25, 0.3) is 0 Å². The van der Waals surface area contributed by atoms with E-state index in [1.54, 1.807) is 7.05 Å². The van der Waals surface area contributed by atoms with Crippen LogP contribution in [0.3, 0.4) is 0 Å². The van der Waals surface area contributed by atoms with Crippen LogP contribution >= 0.6 is 0 Å². The molecular weight excluding hydrogens is 138 g/mol. The van der Waals surface area contributed by atoms with Crippen molar-refractivity contribution in [2.24, 2.45) is 0 Å². The maximum atomic E-state index is 8.39. The van der Waals surface area contributed by atoms with Crippen molar-refractivity contribution in [3.05, 3.63) is 0 Å². The smallest absolute Gasteiger partial charge is 0.164 e. The molecule has 0 aromatic carbocycles. The van der Waals surface area contributed by atoms with Gasteiger partial charge >= 0.3 is 0 Å². The third kappa shape index (κ3) is 5.93. The molecule has 0 fully saturated rings. The van der Waals surface area contributed by atoms with Gasteiger partial charge in [0.05, 0.1) is 0 Å². The second-order valence-corrected chi connectivity index (χ2v) is 2.18. The van der Waals surface area contributed by atoms with E-state index in [0.29, 0.717) is 0 Å². The highest BCUT2D eigenvalue weighted by molar-refractivity contribution is 4.52. The van der Waals surface area contributed by atoms with Crippen molar-refractivity contribution in [3.8, 4) is 0 Å². The minimum Gasteiger partial charge on any atom is -0.367 e. The van der Waals surface area contributed by atoms with Gasteiger partial charge in [-0.05, 0) is 7.05 Å². The van der Waals surface area contributed by atoms with Crippen molar-refractivity contribution in [1.82, 2.24) is 4.90 Å². The molecule has 0 atom stereocenters. The van der Waals surface area contributed by atoms with Gasteiger partial charge in [0.2, 0.25) is 0 Å². The van der Waals surface area contributed by atoms with Crippen molar-refractivity contribution >= 4 is 0 Å². The predicted molar refractivity (Wildman–Crippen MR) is 33.9 cm³/mol. The molecule has 4 N–H and O–H groups in total. The van der Waals surface area contributed by atoms with Crippen molar-refractivity contribution < 1.29 is 20.4 Å². The van der Waals surface area contributed by atoms with Crippen molar-refractivity contribution in [1.29, 1.82) is 0 Å². The van der Waals surface area contributed by atoms with E-state index in [4.69, 9.17) is 20.4 Å². The van der Waals surface area contributed by atoms with E-state index >= 15 is 0 Å². The van der Waals surface area contributed by atoms with Crippen LogP contribution in [0.2, 0.25) is 0 Å². The van der Waals surface area contributed by atoms with Crippen molar-refractivity contribution in [2.45, 2.75) is 12.6 Å². The molecule has 0 aliphatic heterocycles. The third-order valence-electron chi connectivity index (χ3n) is 0.950. The van der Waals surface area contributed by atoms with Gasteiger partial charge in [-0.25, -0.2) is 0 Å². The Labute approximate surface area is 59.1 Å². The Hall–Kier alpha value is -0.200. The number of aliphatic hydroxyl groups is 4. The summed E-state index contributed by atoms with van der Waals surface area (Å²) in [5, 5.41) is 33.5. The van der Waals surface area contributed by atoms with Crippen LogP contribution < -0.4 is 0 Å². The molecule has 0 rings (SSSR count). The normalized spacial score (nSPS) is 12.0. The molecule has 0 amide bonds. The lowest BCUT2D eigenvalue weighted by Gasteiger charge is -2.17. The number of likely N-dealkylation sites (N-methyl/N-ethyl adjacent to an activating group) is 1. The van der Waals surface area contributed by atoms with Gasteiger partial charge in [0, 0.05) is 13.1 Å². The lowest BCUT2D eigenvalue weighted by atomic mass is 10.5. The van der Waals surface area contributed by atoms with Gasteiger partial charge < -0.3 is 20.4 Å². The number of rotatable bonds is 4. The first-order chi connectivity index (χ1) is 4.52. The molecule has 0 aromatic rings. The van der Waals surface area contributed by atoms with E-state index in [1.807, 2.05) is 0 Å². The lowest BCUT2D eigenvalue weighted by molar-refractivity contribution is -0.0888. The van der Waals surface area contributed by atoms with Gasteiger partial charge in [-0.15, -0.1) is 0 Å². The molecule has 0 saturated heterocycles. The molecule has 0 aliphatic carbocycles. The van der Waals surface area contributed by atoms with Gasteiger partial charge in [-0.3, -0.25) is 4.90 Å². The van der Waals surface area contributed by atoms with Crippen LogP contribution in [0.15, 0.2) is 0 Å². The maximum Gasteiger partial charge on any atom is 0.164 e. The van der Waals surface area contributed by atoms with Crippen molar-refractivity contribution in [3.63, 3.8) is 0 Å². The number of aliphatic hydroxyl groups excluding tert-OH is 2. The summed E-state index contributed by atoms with van der Waals surface area (Å²) in [5.74, 6) is 0. The third-order valence-corrected chi connectivity index (χ3v) is 0.950. The Bertz CT molecular complexity index is 75.7. The molecule has 0 aromatic heterocycles. The van der Waals surface area contributed by atoms with E-state index in [0.717, 1.165) is 0 Å².